The summed E-state index contributed by atoms with van der Waals surface area (Å²) in [5.74, 6) is 1.02. The van der Waals surface area contributed by atoms with Crippen LogP contribution >= 0.6 is 19.2 Å². The second-order valence-corrected chi connectivity index (χ2v) is 14.0. The predicted molar refractivity (Wildman–Crippen MR) is 158 cm³/mol. The largest absolute Gasteiger partial charge is 0.495 e. The number of ether oxygens (including phenoxy) is 2. The number of hydrogen-bond acceptors (Lipinski definition) is 7. The average molecular weight is 650 g/mol. The lowest BCUT2D eigenvalue weighted by Crippen LogP contribution is -2.31. The number of rotatable bonds is 12. The third-order valence-corrected chi connectivity index (χ3v) is 10.4. The molecule has 0 saturated heterocycles. The first-order chi connectivity index (χ1) is 20.7. The maximum Gasteiger partial charge on any atom is 0.399 e. The Hall–Kier alpha value is -3.31. The number of fused-ring (bicyclic) bond motifs is 1. The van der Waals surface area contributed by atoms with Crippen molar-refractivity contribution in [1.82, 2.24) is 4.31 Å². The summed E-state index contributed by atoms with van der Waals surface area (Å²) < 4.78 is 84.3. The summed E-state index contributed by atoms with van der Waals surface area (Å²) in [4.78, 5) is -0.0199. The molecule has 4 aromatic rings. The van der Waals surface area contributed by atoms with Gasteiger partial charge in [-0.1, -0.05) is 66.2 Å². The van der Waals surface area contributed by atoms with Crippen LogP contribution in [0.4, 0.5) is 9.05 Å². The second-order valence-electron chi connectivity index (χ2n) is 9.83. The molecular weight excluding hydrogens is 623 g/mol. The van der Waals surface area contributed by atoms with Crippen molar-refractivity contribution in [1.29, 1.82) is 0 Å². The minimum Gasteiger partial charge on any atom is -0.495 e. The van der Waals surface area contributed by atoms with Gasteiger partial charge in [0.25, 0.3) is 0 Å². The van der Waals surface area contributed by atoms with E-state index in [-0.39, 0.29) is 34.3 Å². The van der Waals surface area contributed by atoms with Gasteiger partial charge in [-0.25, -0.2) is 8.42 Å². The fourth-order valence-electron chi connectivity index (χ4n) is 4.97. The summed E-state index contributed by atoms with van der Waals surface area (Å²) in [6.45, 7) is 0.486. The number of para-hydroxylation sites is 1. The zero-order chi connectivity index (χ0) is 30.6. The zero-order valence-corrected chi connectivity index (χ0v) is 25.4. The Kier molecular flexibility index (Phi) is 9.51. The van der Waals surface area contributed by atoms with Crippen LogP contribution in [-0.2, 0) is 49.7 Å². The molecule has 0 atom stereocenters. The van der Waals surface area contributed by atoms with Gasteiger partial charge in [0.15, 0.2) is 0 Å². The molecule has 0 bridgehead atoms. The van der Waals surface area contributed by atoms with E-state index < -0.39 is 23.8 Å². The molecule has 0 aromatic heterocycles. The number of methoxy groups -OCH3 is 1. The molecule has 0 fully saturated rings. The van der Waals surface area contributed by atoms with Crippen LogP contribution < -0.4 is 9.47 Å². The first kappa shape index (κ1) is 31.1. The lowest BCUT2D eigenvalue weighted by molar-refractivity contribution is -0.0881. The van der Waals surface area contributed by atoms with Crippen LogP contribution in [0.15, 0.2) is 89.8 Å². The normalized spacial score (nSPS) is 13.1. The molecule has 0 saturated carbocycles. The van der Waals surface area contributed by atoms with Crippen molar-refractivity contribution in [2.75, 3.05) is 13.7 Å². The van der Waals surface area contributed by atoms with Gasteiger partial charge in [0.05, 0.1) is 19.9 Å². The van der Waals surface area contributed by atoms with Crippen LogP contribution in [0.1, 0.15) is 22.3 Å². The minimum atomic E-state index is -4.68. The maximum atomic E-state index is 14.2. The summed E-state index contributed by atoms with van der Waals surface area (Å²) in [5, 5.41) is 0.00206. The smallest absolute Gasteiger partial charge is 0.399 e. The van der Waals surface area contributed by atoms with Gasteiger partial charge in [-0.3, -0.25) is 4.57 Å². The first-order valence-electron chi connectivity index (χ1n) is 13.1. The molecule has 1 aliphatic rings. The molecular formula is C30H27ClF2NO7PS. The van der Waals surface area contributed by atoms with Gasteiger partial charge in [-0.15, -0.1) is 9.46 Å². The van der Waals surface area contributed by atoms with E-state index >= 15 is 0 Å². The van der Waals surface area contributed by atoms with Crippen molar-refractivity contribution in [3.8, 4) is 22.6 Å². The lowest BCUT2D eigenvalue weighted by Gasteiger charge is -2.25. The molecule has 4 aromatic carbocycles. The van der Waals surface area contributed by atoms with Crippen LogP contribution in [0.2, 0.25) is 5.02 Å². The predicted octanol–water partition coefficient (Wildman–Crippen LogP) is 7.84. The highest BCUT2D eigenvalue weighted by Crippen LogP contribution is 2.53. The summed E-state index contributed by atoms with van der Waals surface area (Å²) in [6, 6.07) is 24.1. The molecule has 0 spiro atoms. The third-order valence-electron chi connectivity index (χ3n) is 7.10. The van der Waals surface area contributed by atoms with E-state index in [2.05, 4.69) is 15.5 Å². The molecule has 1 aliphatic heterocycles. The van der Waals surface area contributed by atoms with Crippen molar-refractivity contribution in [3.05, 3.63) is 112 Å². The molecule has 0 aliphatic carbocycles. The number of benzene rings is 4. The van der Waals surface area contributed by atoms with Gasteiger partial charge < -0.3 is 9.47 Å². The Bertz CT molecular complexity index is 1780. The van der Waals surface area contributed by atoms with Crippen molar-refractivity contribution in [2.24, 2.45) is 0 Å². The summed E-state index contributed by atoms with van der Waals surface area (Å²) in [7, 11) is -7.43. The van der Waals surface area contributed by atoms with E-state index in [4.69, 9.17) is 21.1 Å². The third kappa shape index (κ3) is 6.77. The molecule has 0 radical (unpaired) electrons. The van der Waals surface area contributed by atoms with E-state index in [0.29, 0.717) is 12.2 Å². The maximum absolute atomic E-state index is 14.2. The Balaban J connectivity index is 1.54. The van der Waals surface area contributed by atoms with Crippen molar-refractivity contribution >= 4 is 29.2 Å². The van der Waals surface area contributed by atoms with Crippen LogP contribution in [0.25, 0.3) is 11.1 Å². The number of hydrogen-bond donors (Lipinski definition) is 0. The first-order valence-corrected chi connectivity index (χ1v) is 16.7. The van der Waals surface area contributed by atoms with Crippen molar-refractivity contribution < 1.29 is 41.0 Å². The number of nitrogens with zero attached hydrogens (tertiary/aromatic N) is 1. The Morgan fingerprint density at radius 2 is 1.67 bits per heavy atom. The average Bonchev–Trinajstić information content (AvgIpc) is 3.50. The Morgan fingerprint density at radius 3 is 2.42 bits per heavy atom. The summed E-state index contributed by atoms with van der Waals surface area (Å²) in [5.41, 5.74) is 4.19. The highest BCUT2D eigenvalue weighted by molar-refractivity contribution is 7.89. The fraction of sp³-hybridized carbons (Fsp3) is 0.200. The molecule has 43 heavy (non-hydrogen) atoms. The Labute approximate surface area is 253 Å². The molecule has 0 N–H and O–H groups in total. The summed E-state index contributed by atoms with van der Waals surface area (Å²) >= 11 is 6.35. The second kappa shape index (κ2) is 13.1. The van der Waals surface area contributed by atoms with Crippen molar-refractivity contribution in [3.63, 3.8) is 0 Å². The molecule has 1 heterocycles. The van der Waals surface area contributed by atoms with Gasteiger partial charge in [0.1, 0.15) is 16.4 Å². The fourth-order valence-corrected chi connectivity index (χ4v) is 7.71. The monoisotopic (exact) mass is 649 g/mol. The van der Waals surface area contributed by atoms with Crippen LogP contribution in [-0.4, -0.2) is 26.4 Å². The molecule has 8 nitrogen and oxygen atoms in total. The van der Waals surface area contributed by atoms with Crippen LogP contribution in [0, 0.1) is 0 Å². The quantitative estimate of drug-likeness (QED) is 0.144. The molecule has 226 valence electrons. The summed E-state index contributed by atoms with van der Waals surface area (Å²) in [6.07, 6.45) is 0.0301. The van der Waals surface area contributed by atoms with Crippen molar-refractivity contribution in [2.45, 2.75) is 30.6 Å². The number of sulfonamides is 1. The van der Waals surface area contributed by atoms with Gasteiger partial charge in [-0.2, -0.15) is 4.31 Å². The SMILES string of the molecule is COc1ccccc1S(=O)(=O)N(Cc1ccc(CP(=O)(OF)OF)c(Cl)c1)Cc1ccccc1-c1ccc2c(c1)CCO2. The van der Waals surface area contributed by atoms with Gasteiger partial charge in [0, 0.05) is 24.5 Å². The topological polar surface area (TPSA) is 91.4 Å². The number of halogens is 3. The molecule has 5 rings (SSSR count). The lowest BCUT2D eigenvalue weighted by atomic mass is 9.97. The standard InChI is InChI=1S/C30H27ClF2NO7PS/c1-38-29-8-4-5-9-30(29)43(36,37)34(18-21-10-11-25(27(31)16-21)20-42(35,40-32)41-33)19-24-6-2-3-7-26(24)22-12-13-28-23(17-22)14-15-39-28/h2-13,16-17H,14-15,18-20H2,1H3. The highest BCUT2D eigenvalue weighted by Gasteiger charge is 2.31. The molecule has 13 heteroatoms. The van der Waals surface area contributed by atoms with E-state index in [1.807, 2.05) is 36.4 Å². The van der Waals surface area contributed by atoms with E-state index in [1.54, 1.807) is 18.2 Å². The Morgan fingerprint density at radius 1 is 0.930 bits per heavy atom. The van der Waals surface area contributed by atoms with Gasteiger partial charge in [-0.05, 0) is 72.8 Å². The van der Waals surface area contributed by atoms with Gasteiger partial charge >= 0.3 is 7.60 Å². The van der Waals surface area contributed by atoms with Gasteiger partial charge in [0.2, 0.25) is 10.0 Å². The molecule has 0 unspecified atom stereocenters. The zero-order valence-electron chi connectivity index (χ0n) is 22.9. The van der Waals surface area contributed by atoms with Crippen LogP contribution in [0.5, 0.6) is 11.5 Å². The molecule has 0 amide bonds. The minimum absolute atomic E-state index is 0.00206. The highest BCUT2D eigenvalue weighted by atomic mass is 35.5. The van der Waals surface area contributed by atoms with E-state index in [1.165, 1.54) is 35.7 Å². The van der Waals surface area contributed by atoms with E-state index in [0.717, 1.165) is 34.4 Å². The van der Waals surface area contributed by atoms with E-state index in [9.17, 15) is 22.0 Å². The van der Waals surface area contributed by atoms with Crippen LogP contribution in [0.3, 0.4) is 0 Å².